The summed E-state index contributed by atoms with van der Waals surface area (Å²) in [5, 5.41) is 4.56. The molecule has 1 fully saturated rings. The fourth-order valence-electron chi connectivity index (χ4n) is 2.25. The summed E-state index contributed by atoms with van der Waals surface area (Å²) in [6, 6.07) is 6.35. The van der Waals surface area contributed by atoms with Gasteiger partial charge in [0.05, 0.1) is 4.47 Å². The molecule has 2 aromatic rings. The monoisotopic (exact) mass is 324 g/mol. The number of benzene rings is 1. The summed E-state index contributed by atoms with van der Waals surface area (Å²) in [4.78, 5) is 0. The van der Waals surface area contributed by atoms with Crippen molar-refractivity contribution >= 4 is 15.9 Å². The van der Waals surface area contributed by atoms with E-state index in [9.17, 15) is 4.39 Å². The maximum Gasteiger partial charge on any atom is 0.150 e. The Balaban J connectivity index is 1.90. The van der Waals surface area contributed by atoms with E-state index in [0.717, 1.165) is 41.6 Å². The van der Waals surface area contributed by atoms with E-state index in [-0.39, 0.29) is 12.0 Å². The fourth-order valence-corrected chi connectivity index (χ4v) is 2.77. The molecule has 1 atom stereocenters. The van der Waals surface area contributed by atoms with Crippen molar-refractivity contribution in [3.8, 4) is 11.3 Å². The second-order valence-electron chi connectivity index (χ2n) is 4.63. The number of hydrogen-bond donors (Lipinski definition) is 0. The Bertz CT molecular complexity index is 561. The predicted octanol–water partition coefficient (Wildman–Crippen LogP) is 4.15. The van der Waals surface area contributed by atoms with Crippen LogP contribution in [0.3, 0.4) is 0 Å². The highest BCUT2D eigenvalue weighted by Crippen LogP contribution is 2.30. The molecule has 0 aliphatic carbocycles. The molecule has 1 saturated heterocycles. The second-order valence-corrected chi connectivity index (χ2v) is 5.49. The first-order chi connectivity index (χ1) is 9.24. The van der Waals surface area contributed by atoms with Crippen LogP contribution < -0.4 is 0 Å². The first-order valence-electron chi connectivity index (χ1n) is 6.36. The summed E-state index contributed by atoms with van der Waals surface area (Å²) >= 11 is 3.51. The van der Waals surface area contributed by atoms with Gasteiger partial charge in [-0.15, -0.1) is 0 Å². The molecule has 1 aliphatic rings. The van der Waals surface area contributed by atoms with Gasteiger partial charge in [-0.1, -0.05) is 0 Å². The maximum atomic E-state index is 12.9. The highest BCUT2D eigenvalue weighted by atomic mass is 79.9. The van der Waals surface area contributed by atoms with E-state index in [2.05, 4.69) is 21.0 Å². The third-order valence-corrected chi connectivity index (χ3v) is 3.84. The molecule has 0 bridgehead atoms. The van der Waals surface area contributed by atoms with E-state index in [4.69, 9.17) is 4.74 Å². The van der Waals surface area contributed by atoms with E-state index >= 15 is 0 Å². The lowest BCUT2D eigenvalue weighted by atomic mass is 10.1. The summed E-state index contributed by atoms with van der Waals surface area (Å²) < 4.78 is 21.4. The van der Waals surface area contributed by atoms with Crippen molar-refractivity contribution in [3.63, 3.8) is 0 Å². The van der Waals surface area contributed by atoms with E-state index in [1.54, 1.807) is 12.1 Å². The highest BCUT2D eigenvalue weighted by molar-refractivity contribution is 9.10. The first-order valence-corrected chi connectivity index (χ1v) is 7.15. The Morgan fingerprint density at radius 2 is 2.05 bits per heavy atom. The third-order valence-electron chi connectivity index (χ3n) is 3.26. The average molecular weight is 325 g/mol. The maximum absolute atomic E-state index is 12.9. The van der Waals surface area contributed by atoms with Gasteiger partial charge in [-0.3, -0.25) is 0 Å². The Hall–Kier alpha value is -1.20. The lowest BCUT2D eigenvalue weighted by Crippen LogP contribution is -2.18. The van der Waals surface area contributed by atoms with Crippen molar-refractivity contribution in [1.82, 2.24) is 9.78 Å². The first kappa shape index (κ1) is 12.8. The van der Waals surface area contributed by atoms with Crippen molar-refractivity contribution < 1.29 is 9.13 Å². The van der Waals surface area contributed by atoms with Crippen LogP contribution in [0.2, 0.25) is 0 Å². The minimum atomic E-state index is -0.241. The SMILES string of the molecule is Fc1ccc(-c2nn(C3CCCCO3)cc2Br)cc1. The van der Waals surface area contributed by atoms with Crippen LogP contribution in [0.4, 0.5) is 4.39 Å². The number of ether oxygens (including phenoxy) is 1. The zero-order valence-corrected chi connectivity index (χ0v) is 11.9. The highest BCUT2D eigenvalue weighted by Gasteiger charge is 2.19. The summed E-state index contributed by atoms with van der Waals surface area (Å²) in [5.41, 5.74) is 1.71. The normalized spacial score (nSPS) is 19.6. The van der Waals surface area contributed by atoms with Crippen molar-refractivity contribution in [3.05, 3.63) is 40.8 Å². The van der Waals surface area contributed by atoms with Crippen LogP contribution in [0, 0.1) is 5.82 Å². The zero-order chi connectivity index (χ0) is 13.2. The Morgan fingerprint density at radius 1 is 1.26 bits per heavy atom. The molecular formula is C14H14BrFN2O. The molecule has 2 heterocycles. The van der Waals surface area contributed by atoms with E-state index in [1.165, 1.54) is 12.1 Å². The van der Waals surface area contributed by atoms with Crippen molar-refractivity contribution in [2.75, 3.05) is 6.61 Å². The molecule has 1 unspecified atom stereocenters. The van der Waals surface area contributed by atoms with Gasteiger partial charge in [0.15, 0.2) is 0 Å². The van der Waals surface area contributed by atoms with Crippen LogP contribution in [0.15, 0.2) is 34.9 Å². The summed E-state index contributed by atoms with van der Waals surface area (Å²) in [5.74, 6) is -0.241. The Morgan fingerprint density at radius 3 is 2.74 bits per heavy atom. The number of hydrogen-bond acceptors (Lipinski definition) is 2. The minimum absolute atomic E-state index is 0.0132. The van der Waals surface area contributed by atoms with Gasteiger partial charge >= 0.3 is 0 Å². The molecule has 19 heavy (non-hydrogen) atoms. The van der Waals surface area contributed by atoms with Gasteiger partial charge in [0, 0.05) is 18.4 Å². The lowest BCUT2D eigenvalue weighted by molar-refractivity contribution is -0.0393. The van der Waals surface area contributed by atoms with Crippen LogP contribution in [0.25, 0.3) is 11.3 Å². The predicted molar refractivity (Wildman–Crippen MR) is 74.2 cm³/mol. The van der Waals surface area contributed by atoms with Gasteiger partial charge < -0.3 is 4.74 Å². The molecule has 0 amide bonds. The lowest BCUT2D eigenvalue weighted by Gasteiger charge is -2.22. The van der Waals surface area contributed by atoms with Crippen LogP contribution in [0.1, 0.15) is 25.5 Å². The van der Waals surface area contributed by atoms with Gasteiger partial charge in [-0.25, -0.2) is 9.07 Å². The number of nitrogens with zero attached hydrogens (tertiary/aromatic N) is 2. The fraction of sp³-hybridized carbons (Fsp3) is 0.357. The Kier molecular flexibility index (Phi) is 3.66. The average Bonchev–Trinajstić information content (AvgIpc) is 2.83. The van der Waals surface area contributed by atoms with Crippen molar-refractivity contribution in [2.45, 2.75) is 25.5 Å². The van der Waals surface area contributed by atoms with Gasteiger partial charge in [-0.2, -0.15) is 5.10 Å². The summed E-state index contributed by atoms with van der Waals surface area (Å²) in [6.45, 7) is 0.786. The summed E-state index contributed by atoms with van der Waals surface area (Å²) in [6.07, 6.45) is 5.20. The topological polar surface area (TPSA) is 27.1 Å². The number of halogens is 2. The summed E-state index contributed by atoms with van der Waals surface area (Å²) in [7, 11) is 0. The minimum Gasteiger partial charge on any atom is -0.357 e. The standard InChI is InChI=1S/C14H14BrFN2O/c15-12-9-18(13-3-1-2-8-19-13)17-14(12)10-4-6-11(16)7-5-10/h4-7,9,13H,1-3,8H2. The van der Waals surface area contributed by atoms with Crippen molar-refractivity contribution in [1.29, 1.82) is 0 Å². The Labute approximate surface area is 119 Å². The molecular weight excluding hydrogens is 311 g/mol. The molecule has 1 aromatic heterocycles. The molecule has 3 nitrogen and oxygen atoms in total. The number of aromatic nitrogens is 2. The van der Waals surface area contributed by atoms with Crippen LogP contribution in [-0.4, -0.2) is 16.4 Å². The molecule has 100 valence electrons. The smallest absolute Gasteiger partial charge is 0.150 e. The van der Waals surface area contributed by atoms with Crippen LogP contribution >= 0.6 is 15.9 Å². The van der Waals surface area contributed by atoms with Gasteiger partial charge in [0.1, 0.15) is 17.7 Å². The van der Waals surface area contributed by atoms with E-state index in [0.29, 0.717) is 0 Å². The molecule has 1 aliphatic heterocycles. The van der Waals surface area contributed by atoms with Gasteiger partial charge in [-0.05, 0) is 59.5 Å². The molecule has 3 rings (SSSR count). The quantitative estimate of drug-likeness (QED) is 0.829. The number of rotatable bonds is 2. The van der Waals surface area contributed by atoms with Gasteiger partial charge in [0.2, 0.25) is 0 Å². The van der Waals surface area contributed by atoms with Gasteiger partial charge in [0.25, 0.3) is 0 Å². The molecule has 5 heteroatoms. The molecule has 0 spiro atoms. The third kappa shape index (κ3) is 2.72. The second kappa shape index (κ2) is 5.43. The van der Waals surface area contributed by atoms with Crippen LogP contribution in [0.5, 0.6) is 0 Å². The zero-order valence-electron chi connectivity index (χ0n) is 10.4. The molecule has 0 radical (unpaired) electrons. The van der Waals surface area contributed by atoms with Crippen molar-refractivity contribution in [2.24, 2.45) is 0 Å². The molecule has 0 N–H and O–H groups in total. The molecule has 1 aromatic carbocycles. The largest absolute Gasteiger partial charge is 0.357 e. The van der Waals surface area contributed by atoms with E-state index in [1.807, 2.05) is 10.9 Å². The van der Waals surface area contributed by atoms with E-state index < -0.39 is 0 Å². The van der Waals surface area contributed by atoms with Crippen LogP contribution in [-0.2, 0) is 4.74 Å². The molecule has 0 saturated carbocycles.